The fraction of sp³-hybridized carbons (Fsp3) is 0.400. The highest BCUT2D eigenvalue weighted by atomic mass is 16.2. The summed E-state index contributed by atoms with van der Waals surface area (Å²) in [5.41, 5.74) is 4.43. The molecule has 130 valence electrons. The second-order valence-corrected chi connectivity index (χ2v) is 6.79. The van der Waals surface area contributed by atoms with Crippen LogP contribution in [0.4, 0.5) is 5.69 Å². The number of carbonyl (C=O) groups excluding carboxylic acids is 1. The van der Waals surface area contributed by atoms with Crippen molar-refractivity contribution in [3.05, 3.63) is 59.4 Å². The summed E-state index contributed by atoms with van der Waals surface area (Å²) in [6, 6.07) is 10.1. The zero-order valence-electron chi connectivity index (χ0n) is 14.4. The van der Waals surface area contributed by atoms with E-state index in [1.54, 1.807) is 6.20 Å². The fourth-order valence-electron chi connectivity index (χ4n) is 3.74. The van der Waals surface area contributed by atoms with Crippen LogP contribution >= 0.6 is 0 Å². The number of hydrogen-bond donors (Lipinski definition) is 1. The third-order valence-corrected chi connectivity index (χ3v) is 5.11. The predicted molar refractivity (Wildman–Crippen MR) is 98.7 cm³/mol. The van der Waals surface area contributed by atoms with Gasteiger partial charge in [0.1, 0.15) is 0 Å². The molecule has 2 aliphatic rings. The molecule has 1 saturated heterocycles. The van der Waals surface area contributed by atoms with E-state index in [-0.39, 0.29) is 5.91 Å². The highest BCUT2D eigenvalue weighted by Crippen LogP contribution is 2.26. The van der Waals surface area contributed by atoms with Crippen molar-refractivity contribution in [1.82, 2.24) is 14.8 Å². The van der Waals surface area contributed by atoms with Gasteiger partial charge in [0.15, 0.2) is 0 Å². The van der Waals surface area contributed by atoms with Gasteiger partial charge in [-0.25, -0.2) is 0 Å². The van der Waals surface area contributed by atoms with Crippen molar-refractivity contribution in [3.8, 4) is 0 Å². The van der Waals surface area contributed by atoms with E-state index in [0.717, 1.165) is 63.4 Å². The summed E-state index contributed by atoms with van der Waals surface area (Å²) in [6.07, 6.45) is 5.80. The van der Waals surface area contributed by atoms with E-state index in [9.17, 15) is 4.79 Å². The lowest BCUT2D eigenvalue weighted by atomic mass is 9.96. The van der Waals surface area contributed by atoms with Crippen molar-refractivity contribution in [3.63, 3.8) is 0 Å². The molecule has 4 rings (SSSR count). The fourth-order valence-corrected chi connectivity index (χ4v) is 3.74. The molecule has 0 spiro atoms. The molecule has 2 aliphatic heterocycles. The van der Waals surface area contributed by atoms with Gasteiger partial charge in [-0.1, -0.05) is 12.1 Å². The van der Waals surface area contributed by atoms with Crippen molar-refractivity contribution in [2.24, 2.45) is 0 Å². The Labute approximate surface area is 148 Å². The second kappa shape index (κ2) is 7.23. The first-order valence-corrected chi connectivity index (χ1v) is 9.07. The maximum absolute atomic E-state index is 13.0. The number of piperazine rings is 1. The highest BCUT2D eigenvalue weighted by molar-refractivity contribution is 5.97. The molecule has 25 heavy (non-hydrogen) atoms. The van der Waals surface area contributed by atoms with Gasteiger partial charge in [-0.2, -0.15) is 0 Å². The number of hydrogen-bond acceptors (Lipinski definition) is 4. The zero-order valence-corrected chi connectivity index (χ0v) is 14.4. The van der Waals surface area contributed by atoms with Crippen LogP contribution in [0, 0.1) is 0 Å². The lowest BCUT2D eigenvalue weighted by Crippen LogP contribution is -2.48. The van der Waals surface area contributed by atoms with Crippen molar-refractivity contribution >= 4 is 11.6 Å². The van der Waals surface area contributed by atoms with Gasteiger partial charge in [0, 0.05) is 62.9 Å². The van der Waals surface area contributed by atoms with Gasteiger partial charge < -0.3 is 10.2 Å². The number of pyridine rings is 1. The molecule has 5 nitrogen and oxygen atoms in total. The third-order valence-electron chi connectivity index (χ3n) is 5.11. The van der Waals surface area contributed by atoms with E-state index in [1.165, 1.54) is 11.1 Å². The van der Waals surface area contributed by atoms with E-state index in [0.29, 0.717) is 0 Å². The molecule has 1 aromatic carbocycles. The molecule has 0 saturated carbocycles. The molecule has 0 unspecified atom stereocenters. The van der Waals surface area contributed by atoms with Gasteiger partial charge in [-0.3, -0.25) is 14.7 Å². The number of carbonyl (C=O) groups is 1. The van der Waals surface area contributed by atoms with Gasteiger partial charge >= 0.3 is 0 Å². The van der Waals surface area contributed by atoms with E-state index in [1.807, 2.05) is 29.3 Å². The first-order valence-electron chi connectivity index (χ1n) is 9.07. The zero-order chi connectivity index (χ0) is 17.1. The van der Waals surface area contributed by atoms with Crippen LogP contribution in [0.25, 0.3) is 0 Å². The summed E-state index contributed by atoms with van der Waals surface area (Å²) in [5, 5.41) is 3.41. The number of aromatic nitrogens is 1. The maximum atomic E-state index is 13.0. The van der Waals surface area contributed by atoms with Crippen LogP contribution in [0.15, 0.2) is 42.7 Å². The minimum Gasteiger partial charge on any atom is -0.385 e. The van der Waals surface area contributed by atoms with Crippen molar-refractivity contribution < 1.29 is 4.79 Å². The van der Waals surface area contributed by atoms with Gasteiger partial charge in [-0.15, -0.1) is 0 Å². The van der Waals surface area contributed by atoms with Crippen LogP contribution in [0.5, 0.6) is 0 Å². The Balaban J connectivity index is 1.40. The molecule has 1 fully saturated rings. The number of nitrogens with zero attached hydrogens (tertiary/aromatic N) is 3. The van der Waals surface area contributed by atoms with Gasteiger partial charge in [0.2, 0.25) is 0 Å². The molecular weight excluding hydrogens is 312 g/mol. The SMILES string of the molecule is O=C(c1cccc2c1CCCN2)N1CCN(Cc2cccnc2)CC1. The van der Waals surface area contributed by atoms with Crippen LogP contribution in [-0.2, 0) is 13.0 Å². The lowest BCUT2D eigenvalue weighted by molar-refractivity contribution is 0.0627. The predicted octanol–water partition coefficient (Wildman–Crippen LogP) is 2.40. The smallest absolute Gasteiger partial charge is 0.254 e. The summed E-state index contributed by atoms with van der Waals surface area (Å²) in [4.78, 5) is 21.6. The first kappa shape index (κ1) is 16.1. The van der Waals surface area contributed by atoms with Gasteiger partial charge in [-0.05, 0) is 42.2 Å². The molecular formula is C20H24N4O. The average Bonchev–Trinajstić information content (AvgIpc) is 2.68. The number of nitrogens with one attached hydrogen (secondary N) is 1. The Hall–Kier alpha value is -2.40. The van der Waals surface area contributed by atoms with Gasteiger partial charge in [0.25, 0.3) is 5.91 Å². The first-order chi connectivity index (χ1) is 12.3. The number of amides is 1. The summed E-state index contributed by atoms with van der Waals surface area (Å²) >= 11 is 0. The molecule has 3 heterocycles. The van der Waals surface area contributed by atoms with E-state index in [4.69, 9.17) is 0 Å². The molecule has 0 aliphatic carbocycles. The van der Waals surface area contributed by atoms with Crippen LogP contribution in [0.1, 0.15) is 27.9 Å². The van der Waals surface area contributed by atoms with Crippen LogP contribution in [-0.4, -0.2) is 53.4 Å². The normalized spacial score (nSPS) is 17.7. The second-order valence-electron chi connectivity index (χ2n) is 6.79. The van der Waals surface area contributed by atoms with Crippen molar-refractivity contribution in [1.29, 1.82) is 0 Å². The summed E-state index contributed by atoms with van der Waals surface area (Å²) in [6.45, 7) is 5.30. The largest absolute Gasteiger partial charge is 0.385 e. The molecule has 1 amide bonds. The molecule has 0 bridgehead atoms. The summed E-state index contributed by atoms with van der Waals surface area (Å²) in [7, 11) is 0. The van der Waals surface area contributed by atoms with Crippen molar-refractivity contribution in [2.75, 3.05) is 38.0 Å². The number of fused-ring (bicyclic) bond motifs is 1. The monoisotopic (exact) mass is 336 g/mol. The highest BCUT2D eigenvalue weighted by Gasteiger charge is 2.25. The van der Waals surface area contributed by atoms with E-state index >= 15 is 0 Å². The van der Waals surface area contributed by atoms with E-state index < -0.39 is 0 Å². The Kier molecular flexibility index (Phi) is 4.65. The molecule has 2 aromatic rings. The Bertz CT molecular complexity index is 739. The van der Waals surface area contributed by atoms with Crippen LogP contribution in [0.3, 0.4) is 0 Å². The average molecular weight is 336 g/mol. The summed E-state index contributed by atoms with van der Waals surface area (Å²) < 4.78 is 0. The quantitative estimate of drug-likeness (QED) is 0.935. The number of rotatable bonds is 3. The molecule has 1 N–H and O–H groups in total. The molecule has 1 aromatic heterocycles. The minimum absolute atomic E-state index is 0.182. The Morgan fingerprint density at radius 1 is 1.12 bits per heavy atom. The van der Waals surface area contributed by atoms with E-state index in [2.05, 4.69) is 27.3 Å². The van der Waals surface area contributed by atoms with Gasteiger partial charge in [0.05, 0.1) is 0 Å². The Morgan fingerprint density at radius 3 is 2.80 bits per heavy atom. The summed E-state index contributed by atoms with van der Waals surface area (Å²) in [5.74, 6) is 0.182. The van der Waals surface area contributed by atoms with Crippen LogP contribution < -0.4 is 5.32 Å². The standard InChI is InChI=1S/C20H24N4O/c25-20(18-5-1-7-19-17(18)6-3-9-22-19)24-12-10-23(11-13-24)15-16-4-2-8-21-14-16/h1-2,4-5,7-8,14,22H,3,6,9-13,15H2. The van der Waals surface area contributed by atoms with Crippen molar-refractivity contribution in [2.45, 2.75) is 19.4 Å². The Morgan fingerprint density at radius 2 is 2.00 bits per heavy atom. The molecule has 0 radical (unpaired) electrons. The number of benzene rings is 1. The third kappa shape index (κ3) is 3.51. The molecule has 0 atom stereocenters. The minimum atomic E-state index is 0.182. The van der Waals surface area contributed by atoms with Crippen LogP contribution in [0.2, 0.25) is 0 Å². The maximum Gasteiger partial charge on any atom is 0.254 e. The lowest BCUT2D eigenvalue weighted by Gasteiger charge is -2.35. The topological polar surface area (TPSA) is 48.5 Å². The molecule has 5 heteroatoms. The number of anilines is 1.